The van der Waals surface area contributed by atoms with E-state index in [1.807, 2.05) is 44.2 Å². The maximum absolute atomic E-state index is 12.6. The molecule has 28 heavy (non-hydrogen) atoms. The van der Waals surface area contributed by atoms with Crippen LogP contribution >= 0.6 is 0 Å². The van der Waals surface area contributed by atoms with Crippen LogP contribution in [0.3, 0.4) is 0 Å². The van der Waals surface area contributed by atoms with Crippen molar-refractivity contribution in [2.45, 2.75) is 33.1 Å². The molecule has 1 aromatic carbocycles. The van der Waals surface area contributed by atoms with Gasteiger partial charge in [0.15, 0.2) is 5.65 Å². The Bertz CT molecular complexity index is 1020. The zero-order valence-electron chi connectivity index (χ0n) is 16.4. The standard InChI is InChI=1S/C21H26N4O3/c1-14-16(20(28)25-18(24-14)9-10-23-25)11-19(27)22-12-17(21(2,3)13-26)15-7-5-4-6-8-15/h4-10,17,23,26H,11-13H2,1-3H3,(H,22,27). The molecule has 1 amide bonds. The van der Waals surface area contributed by atoms with Crippen LogP contribution in [0.1, 0.15) is 36.6 Å². The SMILES string of the molecule is Cc1nc2cc[nH]n2c(=O)c1CC(=O)NCC(c1ccccc1)C(C)(C)CO. The minimum Gasteiger partial charge on any atom is -0.396 e. The number of rotatable bonds is 7. The van der Waals surface area contributed by atoms with E-state index in [0.29, 0.717) is 23.4 Å². The summed E-state index contributed by atoms with van der Waals surface area (Å²) in [5, 5.41) is 15.6. The fraction of sp³-hybridized carbons (Fsp3) is 0.381. The zero-order chi connectivity index (χ0) is 20.3. The highest BCUT2D eigenvalue weighted by Crippen LogP contribution is 2.34. The number of aromatic nitrogens is 3. The van der Waals surface area contributed by atoms with E-state index in [4.69, 9.17) is 0 Å². The van der Waals surface area contributed by atoms with Gasteiger partial charge in [0.2, 0.25) is 5.91 Å². The van der Waals surface area contributed by atoms with Gasteiger partial charge in [-0.25, -0.2) is 9.50 Å². The molecule has 1 atom stereocenters. The molecular formula is C21H26N4O3. The van der Waals surface area contributed by atoms with Crippen molar-refractivity contribution in [3.63, 3.8) is 0 Å². The number of hydrogen-bond donors (Lipinski definition) is 3. The van der Waals surface area contributed by atoms with E-state index >= 15 is 0 Å². The van der Waals surface area contributed by atoms with E-state index in [1.165, 1.54) is 4.52 Å². The van der Waals surface area contributed by atoms with Crippen molar-refractivity contribution in [2.24, 2.45) is 5.41 Å². The maximum atomic E-state index is 12.6. The van der Waals surface area contributed by atoms with E-state index < -0.39 is 5.41 Å². The fourth-order valence-electron chi connectivity index (χ4n) is 3.39. The predicted octanol–water partition coefficient (Wildman–Crippen LogP) is 1.79. The molecule has 3 N–H and O–H groups in total. The van der Waals surface area contributed by atoms with Crippen LogP contribution in [0.4, 0.5) is 0 Å². The van der Waals surface area contributed by atoms with Gasteiger partial charge in [0, 0.05) is 42.6 Å². The molecule has 3 aromatic rings. The van der Waals surface area contributed by atoms with Gasteiger partial charge in [0.25, 0.3) is 5.56 Å². The van der Waals surface area contributed by atoms with Gasteiger partial charge in [-0.2, -0.15) is 0 Å². The summed E-state index contributed by atoms with van der Waals surface area (Å²) in [6.07, 6.45) is 1.59. The molecule has 0 saturated heterocycles. The zero-order valence-corrected chi connectivity index (χ0v) is 16.4. The smallest absolute Gasteiger partial charge is 0.276 e. The average Bonchev–Trinajstić information content (AvgIpc) is 3.14. The number of carbonyl (C=O) groups is 1. The summed E-state index contributed by atoms with van der Waals surface area (Å²) in [5.74, 6) is -0.308. The summed E-state index contributed by atoms with van der Waals surface area (Å²) in [4.78, 5) is 29.5. The van der Waals surface area contributed by atoms with Crippen molar-refractivity contribution >= 4 is 11.6 Å². The van der Waals surface area contributed by atoms with Gasteiger partial charge in [0.1, 0.15) is 0 Å². The van der Waals surface area contributed by atoms with Crippen molar-refractivity contribution in [2.75, 3.05) is 13.2 Å². The summed E-state index contributed by atoms with van der Waals surface area (Å²) in [6, 6.07) is 11.5. The van der Waals surface area contributed by atoms with Crippen molar-refractivity contribution in [1.29, 1.82) is 0 Å². The number of nitrogens with zero attached hydrogens (tertiary/aromatic N) is 2. The molecular weight excluding hydrogens is 356 g/mol. The van der Waals surface area contributed by atoms with Crippen LogP contribution < -0.4 is 10.9 Å². The number of carbonyl (C=O) groups excluding carboxylic acids is 1. The summed E-state index contributed by atoms with van der Waals surface area (Å²) in [7, 11) is 0. The van der Waals surface area contributed by atoms with Gasteiger partial charge in [0.05, 0.1) is 6.42 Å². The van der Waals surface area contributed by atoms with Gasteiger partial charge < -0.3 is 10.4 Å². The molecule has 0 aliphatic heterocycles. The molecule has 148 valence electrons. The van der Waals surface area contributed by atoms with Gasteiger partial charge in [-0.1, -0.05) is 44.2 Å². The average molecular weight is 382 g/mol. The van der Waals surface area contributed by atoms with Crippen LogP contribution in [-0.4, -0.2) is 38.8 Å². The lowest BCUT2D eigenvalue weighted by Gasteiger charge is -2.33. The highest BCUT2D eigenvalue weighted by molar-refractivity contribution is 5.78. The fourth-order valence-corrected chi connectivity index (χ4v) is 3.39. The number of benzene rings is 1. The van der Waals surface area contributed by atoms with Crippen molar-refractivity contribution in [3.05, 3.63) is 69.8 Å². The van der Waals surface area contributed by atoms with Crippen LogP contribution in [0.15, 0.2) is 47.4 Å². The molecule has 0 bridgehead atoms. The van der Waals surface area contributed by atoms with E-state index in [1.54, 1.807) is 19.2 Å². The topological polar surface area (TPSA) is 99.5 Å². The Morgan fingerprint density at radius 3 is 2.68 bits per heavy atom. The summed E-state index contributed by atoms with van der Waals surface area (Å²) < 4.78 is 1.33. The Balaban J connectivity index is 1.76. The minimum atomic E-state index is -0.408. The predicted molar refractivity (Wildman–Crippen MR) is 107 cm³/mol. The number of aryl methyl sites for hydroxylation is 1. The monoisotopic (exact) mass is 382 g/mol. The number of hydrogen-bond acceptors (Lipinski definition) is 4. The molecule has 1 unspecified atom stereocenters. The molecule has 2 heterocycles. The maximum Gasteiger partial charge on any atom is 0.276 e. The molecule has 3 rings (SSSR count). The summed E-state index contributed by atoms with van der Waals surface area (Å²) in [5.41, 5.74) is 1.82. The number of aliphatic hydroxyl groups excluding tert-OH is 1. The first kappa shape index (κ1) is 19.8. The molecule has 7 heteroatoms. The highest BCUT2D eigenvalue weighted by Gasteiger charge is 2.30. The lowest BCUT2D eigenvalue weighted by Crippen LogP contribution is -2.38. The second-order valence-electron chi connectivity index (χ2n) is 7.73. The van der Waals surface area contributed by atoms with Gasteiger partial charge in [-0.3, -0.25) is 14.7 Å². The molecule has 7 nitrogen and oxygen atoms in total. The second-order valence-corrected chi connectivity index (χ2v) is 7.73. The van der Waals surface area contributed by atoms with E-state index in [2.05, 4.69) is 15.4 Å². The third-order valence-corrected chi connectivity index (χ3v) is 5.24. The first-order valence-electron chi connectivity index (χ1n) is 9.31. The molecule has 0 aliphatic carbocycles. The highest BCUT2D eigenvalue weighted by atomic mass is 16.3. The number of nitrogens with one attached hydrogen (secondary N) is 2. The van der Waals surface area contributed by atoms with Crippen molar-refractivity contribution in [3.8, 4) is 0 Å². The van der Waals surface area contributed by atoms with Gasteiger partial charge in [-0.05, 0) is 17.9 Å². The van der Waals surface area contributed by atoms with E-state index in [-0.39, 0.29) is 30.4 Å². The minimum absolute atomic E-state index is 0.00367. The van der Waals surface area contributed by atoms with Crippen molar-refractivity contribution in [1.82, 2.24) is 19.9 Å². The van der Waals surface area contributed by atoms with Crippen molar-refractivity contribution < 1.29 is 9.90 Å². The molecule has 0 radical (unpaired) electrons. The van der Waals surface area contributed by atoms with Crippen LogP contribution in [0.5, 0.6) is 0 Å². The first-order valence-corrected chi connectivity index (χ1v) is 9.31. The van der Waals surface area contributed by atoms with Crippen LogP contribution in [0, 0.1) is 12.3 Å². The number of aromatic amines is 1. The summed E-state index contributed by atoms with van der Waals surface area (Å²) >= 11 is 0. The Labute approximate surface area is 163 Å². The first-order chi connectivity index (χ1) is 13.3. The summed E-state index contributed by atoms with van der Waals surface area (Å²) in [6.45, 7) is 6.04. The Morgan fingerprint density at radius 1 is 1.29 bits per heavy atom. The number of fused-ring (bicyclic) bond motifs is 1. The third kappa shape index (κ3) is 3.99. The Hall–Kier alpha value is -2.93. The molecule has 0 aliphatic rings. The van der Waals surface area contributed by atoms with Gasteiger partial charge in [-0.15, -0.1) is 0 Å². The quantitative estimate of drug-likeness (QED) is 0.580. The van der Waals surface area contributed by atoms with Crippen LogP contribution in [-0.2, 0) is 11.2 Å². The Morgan fingerprint density at radius 2 is 2.00 bits per heavy atom. The number of aliphatic hydroxyl groups is 1. The molecule has 0 fully saturated rings. The number of amides is 1. The van der Waals surface area contributed by atoms with Gasteiger partial charge >= 0.3 is 0 Å². The Kier molecular flexibility index (Phi) is 5.65. The molecule has 0 saturated carbocycles. The lowest BCUT2D eigenvalue weighted by atomic mass is 9.75. The van der Waals surface area contributed by atoms with E-state index in [0.717, 1.165) is 5.56 Å². The normalized spacial score (nSPS) is 12.9. The third-order valence-electron chi connectivity index (χ3n) is 5.24. The largest absolute Gasteiger partial charge is 0.396 e. The second kappa shape index (κ2) is 7.98. The molecule has 0 spiro atoms. The molecule has 2 aromatic heterocycles. The van der Waals surface area contributed by atoms with Crippen LogP contribution in [0.2, 0.25) is 0 Å². The lowest BCUT2D eigenvalue weighted by molar-refractivity contribution is -0.120. The van der Waals surface area contributed by atoms with Crippen LogP contribution in [0.25, 0.3) is 5.65 Å². The number of H-pyrrole nitrogens is 1. The van der Waals surface area contributed by atoms with E-state index in [9.17, 15) is 14.7 Å².